The summed E-state index contributed by atoms with van der Waals surface area (Å²) in [5.41, 5.74) is 5.99. The molecule has 0 bridgehead atoms. The van der Waals surface area contributed by atoms with Crippen LogP contribution in [0.25, 0.3) is 10.9 Å². The Kier molecular flexibility index (Phi) is 5.45. The van der Waals surface area contributed by atoms with Gasteiger partial charge in [-0.15, -0.1) is 0 Å². The maximum Gasteiger partial charge on any atom is 0.0489 e. The Morgan fingerprint density at radius 2 is 1.93 bits per heavy atom. The second kappa shape index (κ2) is 8.20. The molecule has 2 nitrogen and oxygen atoms in total. The molecule has 3 heteroatoms. The Hall–Kier alpha value is -1.71. The van der Waals surface area contributed by atoms with Crippen molar-refractivity contribution in [2.24, 2.45) is 5.92 Å². The molecule has 152 valence electrons. The number of aromatic nitrogens is 1. The zero-order chi connectivity index (χ0) is 19.8. The van der Waals surface area contributed by atoms with Crippen LogP contribution < -0.4 is 0 Å². The quantitative estimate of drug-likeness (QED) is 0.513. The smallest absolute Gasteiger partial charge is 0.0489 e. The van der Waals surface area contributed by atoms with Crippen LogP contribution in [0.5, 0.6) is 0 Å². The van der Waals surface area contributed by atoms with E-state index in [1.807, 2.05) is 11.8 Å². The summed E-state index contributed by atoms with van der Waals surface area (Å²) >= 11 is 2.02. The number of hydrogen-bond donors (Lipinski definition) is 0. The summed E-state index contributed by atoms with van der Waals surface area (Å²) in [6, 6.07) is 18.6. The molecule has 2 aliphatic rings. The molecule has 29 heavy (non-hydrogen) atoms. The second-order valence-corrected chi connectivity index (χ2v) is 9.85. The van der Waals surface area contributed by atoms with Crippen molar-refractivity contribution in [2.75, 3.05) is 25.1 Å². The van der Waals surface area contributed by atoms with Crippen molar-refractivity contribution in [3.63, 3.8) is 0 Å². The van der Waals surface area contributed by atoms with E-state index in [1.54, 1.807) is 16.5 Å². The van der Waals surface area contributed by atoms with Crippen LogP contribution >= 0.6 is 11.8 Å². The number of benzene rings is 2. The van der Waals surface area contributed by atoms with Gasteiger partial charge in [0.05, 0.1) is 0 Å². The number of piperidine rings is 1. The Labute approximate surface area is 179 Å². The molecule has 0 radical (unpaired) electrons. The summed E-state index contributed by atoms with van der Waals surface area (Å²) in [6.07, 6.45) is 8.54. The fraction of sp³-hybridized carbons (Fsp3) is 0.462. The van der Waals surface area contributed by atoms with Crippen molar-refractivity contribution in [3.8, 4) is 0 Å². The molecule has 2 aromatic carbocycles. The monoisotopic (exact) mass is 404 g/mol. The number of thioether (sulfide) groups is 1. The molecule has 1 aliphatic carbocycles. The standard InChI is InChI=1S/C26H32N2S/c1-3-12-27-16-20(18-29-2)13-23-22-10-7-11-24-26(22)21(14-25(23)27)17-28(24)15-19-8-5-4-6-9-19/h4-11,17,20,23,25H,3,12-16,18H2,1-2H3/t20-,23-,25-/m1/s1. The molecule has 3 atom stereocenters. The Morgan fingerprint density at radius 3 is 2.72 bits per heavy atom. The Morgan fingerprint density at radius 1 is 1.07 bits per heavy atom. The van der Waals surface area contributed by atoms with Gasteiger partial charge < -0.3 is 4.57 Å². The van der Waals surface area contributed by atoms with E-state index in [9.17, 15) is 0 Å². The molecule has 1 aromatic heterocycles. The second-order valence-electron chi connectivity index (χ2n) is 8.94. The highest BCUT2D eigenvalue weighted by molar-refractivity contribution is 7.98. The van der Waals surface area contributed by atoms with Crippen LogP contribution in [0.1, 0.15) is 42.4 Å². The third-order valence-electron chi connectivity index (χ3n) is 6.97. The van der Waals surface area contributed by atoms with Crippen LogP contribution in [-0.2, 0) is 13.0 Å². The van der Waals surface area contributed by atoms with Crippen molar-refractivity contribution >= 4 is 22.7 Å². The first-order chi connectivity index (χ1) is 14.3. The minimum absolute atomic E-state index is 0.679. The first kappa shape index (κ1) is 19.3. The third-order valence-corrected chi connectivity index (χ3v) is 7.77. The largest absolute Gasteiger partial charge is 0.343 e. The number of hydrogen-bond acceptors (Lipinski definition) is 2. The third kappa shape index (κ3) is 3.53. The van der Waals surface area contributed by atoms with Crippen LogP contribution in [0.3, 0.4) is 0 Å². The normalized spacial score (nSPS) is 24.0. The lowest BCUT2D eigenvalue weighted by atomic mass is 9.72. The minimum atomic E-state index is 0.679. The summed E-state index contributed by atoms with van der Waals surface area (Å²) < 4.78 is 2.49. The fourth-order valence-electron chi connectivity index (χ4n) is 5.89. The van der Waals surface area contributed by atoms with Gasteiger partial charge in [-0.25, -0.2) is 0 Å². The lowest BCUT2D eigenvalue weighted by molar-refractivity contribution is 0.0926. The maximum atomic E-state index is 2.82. The predicted octanol–water partition coefficient (Wildman–Crippen LogP) is 5.79. The number of likely N-dealkylation sites (tertiary alicyclic amines) is 1. The highest BCUT2D eigenvalue weighted by Crippen LogP contribution is 2.45. The van der Waals surface area contributed by atoms with Gasteiger partial charge in [-0.1, -0.05) is 49.4 Å². The van der Waals surface area contributed by atoms with E-state index in [-0.39, 0.29) is 0 Å². The van der Waals surface area contributed by atoms with Gasteiger partial charge >= 0.3 is 0 Å². The highest BCUT2D eigenvalue weighted by atomic mass is 32.2. The zero-order valence-electron chi connectivity index (χ0n) is 17.7. The van der Waals surface area contributed by atoms with Gasteiger partial charge in [-0.05, 0) is 66.5 Å². The van der Waals surface area contributed by atoms with E-state index in [4.69, 9.17) is 0 Å². The molecule has 1 saturated heterocycles. The fourth-order valence-corrected chi connectivity index (χ4v) is 6.60. The molecule has 1 aliphatic heterocycles. The summed E-state index contributed by atoms with van der Waals surface area (Å²) in [7, 11) is 0. The van der Waals surface area contributed by atoms with Crippen molar-refractivity contribution in [1.29, 1.82) is 0 Å². The topological polar surface area (TPSA) is 8.17 Å². The van der Waals surface area contributed by atoms with E-state index >= 15 is 0 Å². The summed E-state index contributed by atoms with van der Waals surface area (Å²) in [4.78, 5) is 2.82. The number of rotatable bonds is 6. The molecule has 0 spiro atoms. The van der Waals surface area contributed by atoms with Gasteiger partial charge in [0, 0.05) is 42.1 Å². The van der Waals surface area contributed by atoms with Gasteiger partial charge in [0.25, 0.3) is 0 Å². The van der Waals surface area contributed by atoms with Crippen LogP contribution in [0.15, 0.2) is 54.7 Å². The molecule has 0 saturated carbocycles. The van der Waals surface area contributed by atoms with E-state index in [1.165, 1.54) is 49.2 Å². The lowest BCUT2D eigenvalue weighted by Crippen LogP contribution is -2.50. The minimum Gasteiger partial charge on any atom is -0.343 e. The molecule has 0 N–H and O–H groups in total. The average Bonchev–Trinajstić information content (AvgIpc) is 3.09. The van der Waals surface area contributed by atoms with Gasteiger partial charge in [0.2, 0.25) is 0 Å². The van der Waals surface area contributed by atoms with Crippen LogP contribution in [0.4, 0.5) is 0 Å². The first-order valence-electron chi connectivity index (χ1n) is 11.2. The van der Waals surface area contributed by atoms with Crippen molar-refractivity contribution in [3.05, 3.63) is 71.4 Å². The van der Waals surface area contributed by atoms with Crippen LogP contribution in [0.2, 0.25) is 0 Å². The highest BCUT2D eigenvalue weighted by Gasteiger charge is 2.40. The van der Waals surface area contributed by atoms with Crippen molar-refractivity contribution < 1.29 is 0 Å². The Bertz CT molecular complexity index is 977. The van der Waals surface area contributed by atoms with E-state index in [2.05, 4.69) is 77.4 Å². The molecule has 3 aromatic rings. The summed E-state index contributed by atoms with van der Waals surface area (Å²) in [5, 5.41) is 1.56. The Balaban J connectivity index is 1.55. The molecular weight excluding hydrogens is 372 g/mol. The van der Waals surface area contributed by atoms with Crippen LogP contribution in [-0.4, -0.2) is 40.6 Å². The van der Waals surface area contributed by atoms with Gasteiger partial charge in [0.1, 0.15) is 0 Å². The van der Waals surface area contributed by atoms with Gasteiger partial charge in [0.15, 0.2) is 0 Å². The first-order valence-corrected chi connectivity index (χ1v) is 12.6. The van der Waals surface area contributed by atoms with E-state index in [0.717, 1.165) is 12.5 Å². The van der Waals surface area contributed by atoms with Crippen LogP contribution in [0, 0.1) is 5.92 Å². The number of nitrogens with zero attached hydrogens (tertiary/aromatic N) is 2. The summed E-state index contributed by atoms with van der Waals surface area (Å²) in [6.45, 7) is 5.82. The summed E-state index contributed by atoms with van der Waals surface area (Å²) in [5.74, 6) is 2.80. The zero-order valence-corrected chi connectivity index (χ0v) is 18.5. The van der Waals surface area contributed by atoms with E-state index in [0.29, 0.717) is 12.0 Å². The molecule has 2 heterocycles. The number of fused-ring (bicyclic) bond motifs is 2. The molecule has 1 fully saturated rings. The molecule has 5 rings (SSSR count). The maximum absolute atomic E-state index is 2.82. The lowest BCUT2D eigenvalue weighted by Gasteiger charge is -2.47. The molecule has 0 amide bonds. The van der Waals surface area contributed by atoms with Crippen molar-refractivity contribution in [1.82, 2.24) is 9.47 Å². The molecule has 0 unspecified atom stereocenters. The predicted molar refractivity (Wildman–Crippen MR) is 126 cm³/mol. The average molecular weight is 405 g/mol. The van der Waals surface area contributed by atoms with Gasteiger partial charge in [-0.3, -0.25) is 4.90 Å². The molecular formula is C26H32N2S. The van der Waals surface area contributed by atoms with Gasteiger partial charge in [-0.2, -0.15) is 11.8 Å². The van der Waals surface area contributed by atoms with Crippen molar-refractivity contribution in [2.45, 2.75) is 44.7 Å². The SMILES string of the molecule is CCCN1C[C@H](CSC)C[C@@H]2c3cccc4c3c(cn4Cc3ccccc3)C[C@H]21. The van der Waals surface area contributed by atoms with E-state index < -0.39 is 0 Å².